The highest BCUT2D eigenvalue weighted by Crippen LogP contribution is 2.27. The fraction of sp³-hybridized carbons (Fsp3) is 0.348. The maximum Gasteiger partial charge on any atom is 0.354 e. The van der Waals surface area contributed by atoms with Crippen molar-refractivity contribution in [2.24, 2.45) is 5.10 Å². The molecule has 2 aromatic carbocycles. The van der Waals surface area contributed by atoms with E-state index in [0.717, 1.165) is 17.0 Å². The van der Waals surface area contributed by atoms with Gasteiger partial charge in [-0.25, -0.2) is 4.79 Å². The number of rotatable bonds is 7. The highest BCUT2D eigenvalue weighted by molar-refractivity contribution is 6.38. The van der Waals surface area contributed by atoms with Crippen molar-refractivity contribution in [2.75, 3.05) is 16.9 Å². The number of nitrogens with one attached hydrogen (secondary N) is 1. The van der Waals surface area contributed by atoms with Crippen LogP contribution in [-0.2, 0) is 14.3 Å². The van der Waals surface area contributed by atoms with Gasteiger partial charge >= 0.3 is 5.97 Å². The molecule has 30 heavy (non-hydrogen) atoms. The first kappa shape index (κ1) is 21.4. The third-order valence-electron chi connectivity index (χ3n) is 4.57. The maximum absolute atomic E-state index is 13.1. The highest BCUT2D eigenvalue weighted by atomic mass is 16.5. The Bertz CT molecular complexity index is 941. The van der Waals surface area contributed by atoms with Crippen LogP contribution in [0, 0.1) is 6.92 Å². The molecule has 0 aromatic heterocycles. The zero-order valence-corrected chi connectivity index (χ0v) is 17.7. The Hall–Kier alpha value is -3.35. The van der Waals surface area contributed by atoms with Gasteiger partial charge < -0.3 is 14.8 Å². The normalized spacial score (nSPS) is 15.7. The topological polar surface area (TPSA) is 80.2 Å². The van der Waals surface area contributed by atoms with Crippen LogP contribution >= 0.6 is 0 Å². The van der Waals surface area contributed by atoms with Crippen molar-refractivity contribution in [3.63, 3.8) is 0 Å². The van der Waals surface area contributed by atoms with Gasteiger partial charge in [0.2, 0.25) is 5.91 Å². The standard InChI is InChI=1S/C23H27N3O4/c1-5-29-23(28)20-14-21(26(25-20)17-9-7-6-8-10-17)22(27)24-19-12-11-18(13-16(19)4)30-15(2)3/h6-13,15,21H,5,14H2,1-4H3,(H,24,27). The average Bonchev–Trinajstić information content (AvgIpc) is 3.16. The minimum atomic E-state index is -0.655. The Morgan fingerprint density at radius 3 is 2.57 bits per heavy atom. The van der Waals surface area contributed by atoms with E-state index in [0.29, 0.717) is 5.69 Å². The molecule has 0 saturated carbocycles. The predicted octanol–water partition coefficient (Wildman–Crippen LogP) is 3.92. The van der Waals surface area contributed by atoms with Crippen molar-refractivity contribution in [2.45, 2.75) is 46.3 Å². The van der Waals surface area contributed by atoms with E-state index < -0.39 is 12.0 Å². The molecule has 0 bridgehead atoms. The van der Waals surface area contributed by atoms with Crippen LogP contribution in [-0.4, -0.2) is 36.3 Å². The fourth-order valence-electron chi connectivity index (χ4n) is 3.21. The number of benzene rings is 2. The van der Waals surface area contributed by atoms with Crippen molar-refractivity contribution < 1.29 is 19.1 Å². The Morgan fingerprint density at radius 2 is 1.93 bits per heavy atom. The Morgan fingerprint density at radius 1 is 1.20 bits per heavy atom. The summed E-state index contributed by atoms with van der Waals surface area (Å²) in [5, 5.41) is 8.92. The van der Waals surface area contributed by atoms with E-state index in [1.54, 1.807) is 11.9 Å². The SMILES string of the molecule is CCOC(=O)C1=NN(c2ccccc2)C(C(=O)Nc2ccc(OC(C)C)cc2C)C1. The number of para-hydroxylation sites is 1. The lowest BCUT2D eigenvalue weighted by molar-refractivity contribution is -0.135. The van der Waals surface area contributed by atoms with Gasteiger partial charge in [0.05, 0.1) is 18.4 Å². The second-order valence-electron chi connectivity index (χ2n) is 7.30. The number of aryl methyl sites for hydroxylation is 1. The number of amides is 1. The zero-order valence-electron chi connectivity index (χ0n) is 17.7. The van der Waals surface area contributed by atoms with Crippen molar-refractivity contribution in [3.8, 4) is 5.75 Å². The Labute approximate surface area is 176 Å². The zero-order chi connectivity index (χ0) is 21.7. The molecular formula is C23H27N3O4. The van der Waals surface area contributed by atoms with E-state index in [1.165, 1.54) is 0 Å². The van der Waals surface area contributed by atoms with Crippen LogP contribution in [0.15, 0.2) is 53.6 Å². The molecule has 0 radical (unpaired) electrons. The summed E-state index contributed by atoms with van der Waals surface area (Å²) in [6.45, 7) is 7.83. The van der Waals surface area contributed by atoms with Crippen molar-refractivity contribution in [1.29, 1.82) is 0 Å². The van der Waals surface area contributed by atoms with Crippen molar-refractivity contribution >= 4 is 29.0 Å². The van der Waals surface area contributed by atoms with E-state index >= 15 is 0 Å². The quantitative estimate of drug-likeness (QED) is 0.701. The van der Waals surface area contributed by atoms with Crippen LogP contribution in [0.25, 0.3) is 0 Å². The minimum Gasteiger partial charge on any atom is -0.491 e. The number of carbonyl (C=O) groups excluding carboxylic acids is 2. The second-order valence-corrected chi connectivity index (χ2v) is 7.30. The molecule has 7 nitrogen and oxygen atoms in total. The first-order valence-corrected chi connectivity index (χ1v) is 10.1. The van der Waals surface area contributed by atoms with Gasteiger partial charge in [0.25, 0.3) is 0 Å². The smallest absolute Gasteiger partial charge is 0.354 e. The highest BCUT2D eigenvalue weighted by Gasteiger charge is 2.37. The predicted molar refractivity (Wildman–Crippen MR) is 117 cm³/mol. The lowest BCUT2D eigenvalue weighted by Crippen LogP contribution is -2.39. The molecule has 0 saturated heterocycles. The molecule has 1 unspecified atom stereocenters. The Kier molecular flexibility index (Phi) is 6.72. The van der Waals surface area contributed by atoms with Gasteiger partial charge in [-0.05, 0) is 63.6 Å². The molecule has 1 aliphatic rings. The number of anilines is 2. The lowest BCUT2D eigenvalue weighted by atomic mass is 10.1. The molecule has 1 N–H and O–H groups in total. The first-order chi connectivity index (χ1) is 14.4. The van der Waals surface area contributed by atoms with E-state index in [1.807, 2.05) is 69.3 Å². The van der Waals surface area contributed by atoms with Gasteiger partial charge in [-0.2, -0.15) is 5.10 Å². The third kappa shape index (κ3) is 4.97. The van der Waals surface area contributed by atoms with Crippen LogP contribution in [0.3, 0.4) is 0 Å². The number of esters is 1. The number of hydrogen-bond donors (Lipinski definition) is 1. The van der Waals surface area contributed by atoms with Gasteiger partial charge in [-0.1, -0.05) is 18.2 Å². The van der Waals surface area contributed by atoms with Gasteiger partial charge in [0.1, 0.15) is 17.5 Å². The van der Waals surface area contributed by atoms with Crippen LogP contribution in [0.1, 0.15) is 32.8 Å². The van der Waals surface area contributed by atoms with Gasteiger partial charge in [0, 0.05) is 12.1 Å². The van der Waals surface area contributed by atoms with E-state index in [2.05, 4.69) is 10.4 Å². The molecule has 1 heterocycles. The Balaban J connectivity index is 1.80. The van der Waals surface area contributed by atoms with Crippen LogP contribution in [0.2, 0.25) is 0 Å². The molecule has 1 aliphatic heterocycles. The molecule has 1 amide bonds. The third-order valence-corrected chi connectivity index (χ3v) is 4.57. The molecule has 1 atom stereocenters. The second kappa shape index (κ2) is 9.43. The summed E-state index contributed by atoms with van der Waals surface area (Å²) in [6, 6.07) is 14.2. The van der Waals surface area contributed by atoms with Crippen LogP contribution < -0.4 is 15.1 Å². The molecule has 0 spiro atoms. The lowest BCUT2D eigenvalue weighted by Gasteiger charge is -2.23. The van der Waals surface area contributed by atoms with E-state index in [9.17, 15) is 9.59 Å². The van der Waals surface area contributed by atoms with Gasteiger partial charge in [-0.3, -0.25) is 9.80 Å². The number of carbonyl (C=O) groups is 2. The number of hydrazone groups is 1. The van der Waals surface area contributed by atoms with E-state index in [4.69, 9.17) is 9.47 Å². The van der Waals surface area contributed by atoms with Crippen molar-refractivity contribution in [1.82, 2.24) is 0 Å². The number of nitrogens with zero attached hydrogens (tertiary/aromatic N) is 2. The molecule has 3 rings (SSSR count). The summed E-state index contributed by atoms with van der Waals surface area (Å²) in [4.78, 5) is 25.3. The summed E-state index contributed by atoms with van der Waals surface area (Å²) < 4.78 is 10.8. The van der Waals surface area contributed by atoms with Gasteiger partial charge in [0.15, 0.2) is 0 Å². The summed E-state index contributed by atoms with van der Waals surface area (Å²) in [6.07, 6.45) is 0.244. The monoisotopic (exact) mass is 409 g/mol. The van der Waals surface area contributed by atoms with Crippen LogP contribution in [0.5, 0.6) is 5.75 Å². The average molecular weight is 409 g/mol. The van der Waals surface area contributed by atoms with Gasteiger partial charge in [-0.15, -0.1) is 0 Å². The van der Waals surface area contributed by atoms with E-state index in [-0.39, 0.29) is 30.8 Å². The first-order valence-electron chi connectivity index (χ1n) is 10.1. The number of hydrogen-bond acceptors (Lipinski definition) is 6. The molecule has 158 valence electrons. The minimum absolute atomic E-state index is 0.0706. The summed E-state index contributed by atoms with van der Waals surface area (Å²) >= 11 is 0. The molecule has 0 aliphatic carbocycles. The molecular weight excluding hydrogens is 382 g/mol. The summed E-state index contributed by atoms with van der Waals surface area (Å²) in [5.74, 6) is 0.00263. The summed E-state index contributed by atoms with van der Waals surface area (Å²) in [7, 11) is 0. The van der Waals surface area contributed by atoms with Crippen LogP contribution in [0.4, 0.5) is 11.4 Å². The largest absolute Gasteiger partial charge is 0.491 e. The molecule has 0 fully saturated rings. The van der Waals surface area contributed by atoms with Crippen molar-refractivity contribution in [3.05, 3.63) is 54.1 Å². The number of ether oxygens (including phenoxy) is 2. The fourth-order valence-corrected chi connectivity index (χ4v) is 3.21. The molecule has 7 heteroatoms. The molecule has 2 aromatic rings. The maximum atomic E-state index is 13.1. The summed E-state index contributed by atoms with van der Waals surface area (Å²) in [5.41, 5.74) is 2.54.